The molecule has 0 saturated heterocycles. The van der Waals surface area contributed by atoms with Gasteiger partial charge in [0.2, 0.25) is 0 Å². The topological polar surface area (TPSA) is 21.3 Å². The Morgan fingerprint density at radius 2 is 1.74 bits per heavy atom. The summed E-state index contributed by atoms with van der Waals surface area (Å²) in [5.41, 5.74) is 2.54. The van der Waals surface area contributed by atoms with E-state index in [0.717, 1.165) is 31.4 Å². The SMILES string of the molecule is Cc1cc(C)cc(OCCNCC2CCCCC2)c1. The van der Waals surface area contributed by atoms with Gasteiger partial charge in [0, 0.05) is 6.54 Å². The van der Waals surface area contributed by atoms with Crippen LogP contribution in [0.15, 0.2) is 18.2 Å². The van der Waals surface area contributed by atoms with Crippen molar-refractivity contribution < 1.29 is 4.74 Å². The summed E-state index contributed by atoms with van der Waals surface area (Å²) < 4.78 is 5.79. The fraction of sp³-hybridized carbons (Fsp3) is 0.647. The highest BCUT2D eigenvalue weighted by molar-refractivity contribution is 5.32. The molecular formula is C17H27NO. The maximum atomic E-state index is 5.79. The minimum Gasteiger partial charge on any atom is -0.492 e. The molecule has 19 heavy (non-hydrogen) atoms. The molecule has 0 heterocycles. The standard InChI is InChI=1S/C17H27NO/c1-14-10-15(2)12-17(11-14)19-9-8-18-13-16-6-4-3-5-7-16/h10-12,16,18H,3-9,13H2,1-2H3. The Labute approximate surface area is 117 Å². The number of aryl methyl sites for hydroxylation is 2. The highest BCUT2D eigenvalue weighted by Gasteiger charge is 2.12. The Kier molecular flexibility index (Phi) is 5.71. The van der Waals surface area contributed by atoms with Gasteiger partial charge < -0.3 is 10.1 Å². The van der Waals surface area contributed by atoms with Crippen molar-refractivity contribution in [3.05, 3.63) is 29.3 Å². The third kappa shape index (κ3) is 5.23. The summed E-state index contributed by atoms with van der Waals surface area (Å²) in [5.74, 6) is 1.90. The number of hydrogen-bond donors (Lipinski definition) is 1. The molecule has 106 valence electrons. The Hall–Kier alpha value is -1.02. The van der Waals surface area contributed by atoms with E-state index in [-0.39, 0.29) is 0 Å². The van der Waals surface area contributed by atoms with Crippen LogP contribution in [0.2, 0.25) is 0 Å². The fourth-order valence-electron chi connectivity index (χ4n) is 2.95. The van der Waals surface area contributed by atoms with Gasteiger partial charge in [-0.15, -0.1) is 0 Å². The molecule has 0 aliphatic heterocycles. The molecule has 0 spiro atoms. The molecule has 0 bridgehead atoms. The van der Waals surface area contributed by atoms with E-state index >= 15 is 0 Å². The van der Waals surface area contributed by atoms with Crippen molar-refractivity contribution in [3.8, 4) is 5.75 Å². The van der Waals surface area contributed by atoms with E-state index in [0.29, 0.717) is 0 Å². The van der Waals surface area contributed by atoms with Gasteiger partial charge in [-0.25, -0.2) is 0 Å². The fourth-order valence-corrected chi connectivity index (χ4v) is 2.95. The first-order valence-electron chi connectivity index (χ1n) is 7.66. The summed E-state index contributed by atoms with van der Waals surface area (Å²) in [7, 11) is 0. The first-order valence-corrected chi connectivity index (χ1v) is 7.66. The van der Waals surface area contributed by atoms with E-state index in [9.17, 15) is 0 Å². The summed E-state index contributed by atoms with van der Waals surface area (Å²) in [6.07, 6.45) is 7.10. The van der Waals surface area contributed by atoms with Crippen LogP contribution in [0.5, 0.6) is 5.75 Å². The van der Waals surface area contributed by atoms with Crippen LogP contribution in [-0.2, 0) is 0 Å². The Morgan fingerprint density at radius 1 is 1.05 bits per heavy atom. The van der Waals surface area contributed by atoms with Gasteiger partial charge in [0.25, 0.3) is 0 Å². The summed E-state index contributed by atoms with van der Waals surface area (Å²) >= 11 is 0. The molecule has 1 aliphatic carbocycles. The summed E-state index contributed by atoms with van der Waals surface area (Å²) in [5, 5.41) is 3.53. The zero-order valence-electron chi connectivity index (χ0n) is 12.4. The van der Waals surface area contributed by atoms with Gasteiger partial charge >= 0.3 is 0 Å². The number of hydrogen-bond acceptors (Lipinski definition) is 2. The molecule has 0 aromatic heterocycles. The van der Waals surface area contributed by atoms with Gasteiger partial charge in [0.15, 0.2) is 0 Å². The average molecular weight is 261 g/mol. The van der Waals surface area contributed by atoms with Crippen LogP contribution in [0.25, 0.3) is 0 Å². The predicted molar refractivity (Wildman–Crippen MR) is 80.9 cm³/mol. The molecule has 0 amide bonds. The molecule has 0 unspecified atom stereocenters. The Balaban J connectivity index is 1.60. The molecule has 2 heteroatoms. The number of rotatable bonds is 6. The van der Waals surface area contributed by atoms with E-state index in [1.54, 1.807) is 0 Å². The molecule has 1 aromatic rings. The molecule has 2 rings (SSSR count). The summed E-state index contributed by atoms with van der Waals surface area (Å²) in [6, 6.07) is 6.39. The van der Waals surface area contributed by atoms with Crippen molar-refractivity contribution in [1.29, 1.82) is 0 Å². The Morgan fingerprint density at radius 3 is 2.42 bits per heavy atom. The van der Waals surface area contributed by atoms with Gasteiger partial charge in [-0.05, 0) is 62.4 Å². The van der Waals surface area contributed by atoms with Crippen LogP contribution in [0.3, 0.4) is 0 Å². The zero-order chi connectivity index (χ0) is 13.5. The highest BCUT2D eigenvalue weighted by atomic mass is 16.5. The van der Waals surface area contributed by atoms with Crippen molar-refractivity contribution in [1.82, 2.24) is 5.32 Å². The van der Waals surface area contributed by atoms with Crippen molar-refractivity contribution in [2.24, 2.45) is 5.92 Å². The number of ether oxygens (including phenoxy) is 1. The van der Waals surface area contributed by atoms with Gasteiger partial charge in [-0.1, -0.05) is 25.3 Å². The third-order valence-corrected chi connectivity index (χ3v) is 3.90. The maximum absolute atomic E-state index is 5.79. The molecule has 0 radical (unpaired) electrons. The lowest BCUT2D eigenvalue weighted by Crippen LogP contribution is -2.28. The minimum atomic E-state index is 0.760. The normalized spacial score (nSPS) is 16.5. The molecule has 1 saturated carbocycles. The van der Waals surface area contributed by atoms with Gasteiger partial charge in [-0.3, -0.25) is 0 Å². The molecule has 0 atom stereocenters. The van der Waals surface area contributed by atoms with E-state index in [4.69, 9.17) is 4.74 Å². The smallest absolute Gasteiger partial charge is 0.119 e. The zero-order valence-corrected chi connectivity index (χ0v) is 12.4. The van der Waals surface area contributed by atoms with E-state index in [1.807, 2.05) is 0 Å². The second kappa shape index (κ2) is 7.54. The third-order valence-electron chi connectivity index (χ3n) is 3.90. The summed E-state index contributed by atoms with van der Waals surface area (Å²) in [4.78, 5) is 0. The first kappa shape index (κ1) is 14.4. The van der Waals surface area contributed by atoms with Crippen molar-refractivity contribution in [2.75, 3.05) is 19.7 Å². The van der Waals surface area contributed by atoms with E-state index in [2.05, 4.69) is 37.4 Å². The molecule has 1 aliphatic rings. The first-order chi connectivity index (χ1) is 9.24. The maximum Gasteiger partial charge on any atom is 0.119 e. The van der Waals surface area contributed by atoms with Crippen LogP contribution < -0.4 is 10.1 Å². The second-order valence-electron chi connectivity index (χ2n) is 5.88. The monoisotopic (exact) mass is 261 g/mol. The molecule has 1 fully saturated rings. The van der Waals surface area contributed by atoms with E-state index in [1.165, 1.54) is 43.2 Å². The summed E-state index contributed by atoms with van der Waals surface area (Å²) in [6.45, 7) is 7.09. The van der Waals surface area contributed by atoms with Gasteiger partial charge in [-0.2, -0.15) is 0 Å². The molecular weight excluding hydrogens is 234 g/mol. The van der Waals surface area contributed by atoms with Crippen LogP contribution in [0.1, 0.15) is 43.2 Å². The van der Waals surface area contributed by atoms with Crippen LogP contribution >= 0.6 is 0 Å². The predicted octanol–water partition coefficient (Wildman–Crippen LogP) is 3.85. The van der Waals surface area contributed by atoms with Crippen molar-refractivity contribution >= 4 is 0 Å². The number of nitrogens with one attached hydrogen (secondary N) is 1. The minimum absolute atomic E-state index is 0.760. The van der Waals surface area contributed by atoms with Crippen LogP contribution in [0, 0.1) is 19.8 Å². The van der Waals surface area contributed by atoms with E-state index < -0.39 is 0 Å². The lowest BCUT2D eigenvalue weighted by molar-refractivity contribution is 0.294. The highest BCUT2D eigenvalue weighted by Crippen LogP contribution is 2.22. The van der Waals surface area contributed by atoms with Gasteiger partial charge in [0.1, 0.15) is 12.4 Å². The average Bonchev–Trinajstić information content (AvgIpc) is 2.38. The largest absolute Gasteiger partial charge is 0.492 e. The quantitative estimate of drug-likeness (QED) is 0.785. The number of benzene rings is 1. The molecule has 2 nitrogen and oxygen atoms in total. The second-order valence-corrected chi connectivity index (χ2v) is 5.88. The lowest BCUT2D eigenvalue weighted by Gasteiger charge is -2.21. The lowest BCUT2D eigenvalue weighted by atomic mass is 9.89. The molecule has 1 aromatic carbocycles. The Bertz CT molecular complexity index is 363. The van der Waals surface area contributed by atoms with Crippen LogP contribution in [-0.4, -0.2) is 19.7 Å². The van der Waals surface area contributed by atoms with Crippen molar-refractivity contribution in [2.45, 2.75) is 46.0 Å². The van der Waals surface area contributed by atoms with Crippen molar-refractivity contribution in [3.63, 3.8) is 0 Å². The van der Waals surface area contributed by atoms with Gasteiger partial charge in [0.05, 0.1) is 0 Å². The molecule has 1 N–H and O–H groups in total. The van der Waals surface area contributed by atoms with Crippen LogP contribution in [0.4, 0.5) is 0 Å².